The number of rotatable bonds is 2. The highest BCUT2D eigenvalue weighted by atomic mass is 16.5. The molecule has 0 radical (unpaired) electrons. The second kappa shape index (κ2) is 5.88. The van der Waals surface area contributed by atoms with Crippen LogP contribution in [0.5, 0.6) is 0 Å². The van der Waals surface area contributed by atoms with Crippen LogP contribution in [0, 0.1) is 11.8 Å². The average molecular weight is 278 g/mol. The molecule has 1 aromatic rings. The number of aliphatic hydroxyl groups excluding tert-OH is 2. The summed E-state index contributed by atoms with van der Waals surface area (Å²) in [4.78, 5) is 25.5. The zero-order chi connectivity index (χ0) is 14.7. The molecule has 2 heterocycles. The first-order valence-electron chi connectivity index (χ1n) is 5.99. The van der Waals surface area contributed by atoms with E-state index in [4.69, 9.17) is 9.84 Å². The van der Waals surface area contributed by atoms with Crippen LogP contribution in [0.2, 0.25) is 0 Å². The highest BCUT2D eigenvalue weighted by molar-refractivity contribution is 5.32. The summed E-state index contributed by atoms with van der Waals surface area (Å²) in [6, 6.07) is 0. The maximum Gasteiger partial charge on any atom is 0.330 e. The molecule has 1 aliphatic heterocycles. The number of ether oxygens (including phenoxy) is 1. The standard InChI is InChI=1S/C13H14N2O5/c1-2-3-4-8-6-15(13(19)14-12(8)18)11-5-9(17)10(7-16)20-11/h2,6,9-11,16-17H,1,5,7H2,(H,14,18,19)/t9-,10+,11+/m0/s1. The van der Waals surface area contributed by atoms with Gasteiger partial charge in [-0.2, -0.15) is 0 Å². The normalized spacial score (nSPS) is 25.0. The zero-order valence-electron chi connectivity index (χ0n) is 10.6. The van der Waals surface area contributed by atoms with Gasteiger partial charge in [-0.25, -0.2) is 4.79 Å². The smallest absolute Gasteiger partial charge is 0.330 e. The monoisotopic (exact) mass is 278 g/mol. The lowest BCUT2D eigenvalue weighted by Crippen LogP contribution is -2.33. The molecule has 7 heteroatoms. The van der Waals surface area contributed by atoms with Gasteiger partial charge in [0.1, 0.15) is 17.9 Å². The Morgan fingerprint density at radius 1 is 1.60 bits per heavy atom. The predicted octanol–water partition coefficient (Wildman–Crippen LogP) is -1.29. The summed E-state index contributed by atoms with van der Waals surface area (Å²) in [6.07, 6.45) is 0.371. The second-order valence-electron chi connectivity index (χ2n) is 4.30. The van der Waals surface area contributed by atoms with Crippen LogP contribution in [0.1, 0.15) is 18.2 Å². The van der Waals surface area contributed by atoms with Crippen molar-refractivity contribution in [2.24, 2.45) is 0 Å². The minimum Gasteiger partial charge on any atom is -0.394 e. The van der Waals surface area contributed by atoms with Gasteiger partial charge in [0, 0.05) is 12.6 Å². The molecule has 1 saturated heterocycles. The van der Waals surface area contributed by atoms with Crippen molar-refractivity contribution in [1.82, 2.24) is 9.55 Å². The third-order valence-corrected chi connectivity index (χ3v) is 2.97. The molecule has 0 aliphatic carbocycles. The topological polar surface area (TPSA) is 105 Å². The van der Waals surface area contributed by atoms with Gasteiger partial charge in [-0.3, -0.25) is 14.3 Å². The van der Waals surface area contributed by atoms with E-state index in [1.807, 2.05) is 0 Å². The average Bonchev–Trinajstić information content (AvgIpc) is 2.79. The first-order valence-corrected chi connectivity index (χ1v) is 5.99. The molecule has 106 valence electrons. The molecule has 0 amide bonds. The van der Waals surface area contributed by atoms with Crippen molar-refractivity contribution in [3.8, 4) is 11.8 Å². The number of H-pyrrole nitrogens is 1. The van der Waals surface area contributed by atoms with E-state index in [0.29, 0.717) is 0 Å². The first-order chi connectivity index (χ1) is 9.56. The fraction of sp³-hybridized carbons (Fsp3) is 0.385. The summed E-state index contributed by atoms with van der Waals surface area (Å²) in [7, 11) is 0. The number of allylic oxidation sites excluding steroid dienone is 1. The number of nitrogens with zero attached hydrogens (tertiary/aromatic N) is 1. The molecule has 0 unspecified atom stereocenters. The van der Waals surface area contributed by atoms with Gasteiger partial charge in [-0.15, -0.1) is 0 Å². The fourth-order valence-electron chi connectivity index (χ4n) is 1.97. The molecular weight excluding hydrogens is 264 g/mol. The number of aromatic amines is 1. The van der Waals surface area contributed by atoms with Crippen LogP contribution in [-0.4, -0.2) is 38.6 Å². The van der Waals surface area contributed by atoms with Crippen LogP contribution < -0.4 is 11.2 Å². The molecule has 0 spiro atoms. The number of hydrogen-bond donors (Lipinski definition) is 3. The molecule has 0 aromatic carbocycles. The lowest BCUT2D eigenvalue weighted by Gasteiger charge is -2.14. The maximum absolute atomic E-state index is 11.8. The largest absolute Gasteiger partial charge is 0.394 e. The van der Waals surface area contributed by atoms with E-state index in [1.165, 1.54) is 12.3 Å². The molecule has 3 atom stereocenters. The molecular formula is C13H14N2O5. The number of hydrogen-bond acceptors (Lipinski definition) is 5. The molecule has 1 aromatic heterocycles. The van der Waals surface area contributed by atoms with Gasteiger partial charge in [0.2, 0.25) is 0 Å². The Labute approximate surface area is 114 Å². The van der Waals surface area contributed by atoms with Crippen molar-refractivity contribution < 1.29 is 14.9 Å². The van der Waals surface area contributed by atoms with Crippen molar-refractivity contribution in [3.63, 3.8) is 0 Å². The first kappa shape index (κ1) is 14.3. The molecule has 1 aliphatic rings. The highest BCUT2D eigenvalue weighted by Crippen LogP contribution is 2.27. The van der Waals surface area contributed by atoms with Crippen molar-refractivity contribution in [3.05, 3.63) is 45.3 Å². The lowest BCUT2D eigenvalue weighted by atomic mass is 10.2. The van der Waals surface area contributed by atoms with Gasteiger partial charge in [0.25, 0.3) is 5.56 Å². The third-order valence-electron chi connectivity index (χ3n) is 2.97. The van der Waals surface area contributed by atoms with Gasteiger partial charge >= 0.3 is 5.69 Å². The molecule has 2 rings (SSSR count). The minimum absolute atomic E-state index is 0.0926. The predicted molar refractivity (Wildman–Crippen MR) is 70.0 cm³/mol. The Balaban J connectivity index is 2.40. The molecule has 0 bridgehead atoms. The van der Waals surface area contributed by atoms with Gasteiger partial charge in [0.05, 0.1) is 12.7 Å². The van der Waals surface area contributed by atoms with Gasteiger partial charge in [-0.1, -0.05) is 18.4 Å². The Kier molecular flexibility index (Phi) is 4.20. The van der Waals surface area contributed by atoms with E-state index in [9.17, 15) is 14.7 Å². The summed E-state index contributed by atoms with van der Waals surface area (Å²) >= 11 is 0. The Hall–Kier alpha value is -2.14. The summed E-state index contributed by atoms with van der Waals surface area (Å²) in [5.41, 5.74) is -1.16. The summed E-state index contributed by atoms with van der Waals surface area (Å²) in [5.74, 6) is 5.07. The van der Waals surface area contributed by atoms with Crippen LogP contribution >= 0.6 is 0 Å². The molecule has 0 saturated carbocycles. The van der Waals surface area contributed by atoms with Crippen molar-refractivity contribution >= 4 is 0 Å². The molecule has 1 fully saturated rings. The maximum atomic E-state index is 11.8. The zero-order valence-corrected chi connectivity index (χ0v) is 10.6. The van der Waals surface area contributed by atoms with Gasteiger partial charge in [-0.05, 0) is 6.08 Å². The van der Waals surface area contributed by atoms with Crippen LogP contribution in [0.25, 0.3) is 0 Å². The van der Waals surface area contributed by atoms with E-state index in [2.05, 4.69) is 23.4 Å². The Bertz CT molecular complexity index is 678. The van der Waals surface area contributed by atoms with Gasteiger partial charge < -0.3 is 14.9 Å². The van der Waals surface area contributed by atoms with E-state index in [-0.39, 0.29) is 18.6 Å². The third kappa shape index (κ3) is 2.72. The summed E-state index contributed by atoms with van der Waals surface area (Å²) in [6.45, 7) is 3.07. The molecule has 7 nitrogen and oxygen atoms in total. The Morgan fingerprint density at radius 2 is 2.35 bits per heavy atom. The summed E-state index contributed by atoms with van der Waals surface area (Å²) in [5, 5.41) is 18.7. The fourth-order valence-corrected chi connectivity index (χ4v) is 1.97. The second-order valence-corrected chi connectivity index (χ2v) is 4.30. The highest BCUT2D eigenvalue weighted by Gasteiger charge is 2.35. The van der Waals surface area contributed by atoms with Crippen LogP contribution in [-0.2, 0) is 4.74 Å². The van der Waals surface area contributed by atoms with Crippen LogP contribution in [0.3, 0.4) is 0 Å². The van der Waals surface area contributed by atoms with E-state index < -0.39 is 29.7 Å². The van der Waals surface area contributed by atoms with Crippen molar-refractivity contribution in [2.45, 2.75) is 24.9 Å². The van der Waals surface area contributed by atoms with Gasteiger partial charge in [0.15, 0.2) is 0 Å². The number of aliphatic hydroxyl groups is 2. The Morgan fingerprint density at radius 3 is 2.95 bits per heavy atom. The van der Waals surface area contributed by atoms with Crippen LogP contribution in [0.4, 0.5) is 0 Å². The molecule has 3 N–H and O–H groups in total. The lowest BCUT2D eigenvalue weighted by molar-refractivity contribution is -0.0459. The molecule has 20 heavy (non-hydrogen) atoms. The van der Waals surface area contributed by atoms with E-state index in [1.54, 1.807) is 0 Å². The van der Waals surface area contributed by atoms with E-state index in [0.717, 1.165) is 4.57 Å². The number of nitrogens with one attached hydrogen (secondary N) is 1. The van der Waals surface area contributed by atoms with Crippen molar-refractivity contribution in [1.29, 1.82) is 0 Å². The van der Waals surface area contributed by atoms with E-state index >= 15 is 0 Å². The van der Waals surface area contributed by atoms with Crippen molar-refractivity contribution in [2.75, 3.05) is 6.61 Å². The number of aromatic nitrogens is 2. The minimum atomic E-state index is -0.869. The summed E-state index contributed by atoms with van der Waals surface area (Å²) < 4.78 is 6.51. The quantitative estimate of drug-likeness (QED) is 0.584. The SMILES string of the molecule is C=CC#Cc1cn([C@H]2C[C@H](O)[C@@H](CO)O2)c(=O)[nH]c1=O. The van der Waals surface area contributed by atoms with Crippen LogP contribution in [0.15, 0.2) is 28.4 Å².